The minimum absolute atomic E-state index is 0.0452. The maximum absolute atomic E-state index is 14.5. The molecule has 44 heavy (non-hydrogen) atoms. The van der Waals surface area contributed by atoms with Gasteiger partial charge in [-0.25, -0.2) is 4.99 Å². The van der Waals surface area contributed by atoms with Gasteiger partial charge in [-0.15, -0.1) is 0 Å². The van der Waals surface area contributed by atoms with E-state index in [-0.39, 0.29) is 11.6 Å². The first-order valence-corrected chi connectivity index (χ1v) is 15.5. The summed E-state index contributed by atoms with van der Waals surface area (Å²) in [5, 5.41) is 0.994. The number of aromatic amines is 1. The van der Waals surface area contributed by atoms with E-state index in [2.05, 4.69) is 53.5 Å². The van der Waals surface area contributed by atoms with Crippen molar-refractivity contribution in [2.75, 3.05) is 14.2 Å². The Hall–Kier alpha value is -5.14. The summed E-state index contributed by atoms with van der Waals surface area (Å²) < 4.78 is 13.6. The highest BCUT2D eigenvalue weighted by Gasteiger charge is 2.32. The lowest BCUT2D eigenvalue weighted by Crippen LogP contribution is -2.38. The van der Waals surface area contributed by atoms with Crippen molar-refractivity contribution >= 4 is 34.0 Å². The number of allylic oxidation sites excluding steroid dienone is 1. The van der Waals surface area contributed by atoms with Crippen molar-refractivity contribution in [3.63, 3.8) is 0 Å². The van der Waals surface area contributed by atoms with Crippen molar-refractivity contribution in [3.05, 3.63) is 145 Å². The van der Waals surface area contributed by atoms with Crippen LogP contribution < -0.4 is 24.4 Å². The molecule has 0 fully saturated rings. The molecule has 6 nitrogen and oxygen atoms in total. The molecule has 1 aliphatic heterocycles. The van der Waals surface area contributed by atoms with Gasteiger partial charge in [0.05, 0.1) is 36.2 Å². The monoisotopic (exact) mass is 595 g/mol. The highest BCUT2D eigenvalue weighted by atomic mass is 32.1. The zero-order valence-electron chi connectivity index (χ0n) is 24.3. The smallest absolute Gasteiger partial charge is 0.271 e. The van der Waals surface area contributed by atoms with Gasteiger partial charge in [0.25, 0.3) is 5.56 Å². The van der Waals surface area contributed by atoms with Crippen LogP contribution in [0.1, 0.15) is 34.7 Å². The number of thiazole rings is 1. The summed E-state index contributed by atoms with van der Waals surface area (Å²) in [5.41, 5.74) is 9.54. The van der Waals surface area contributed by atoms with E-state index in [9.17, 15) is 4.79 Å². The summed E-state index contributed by atoms with van der Waals surface area (Å²) in [6, 6.07) is 32.5. The van der Waals surface area contributed by atoms with Crippen molar-refractivity contribution in [1.29, 1.82) is 0 Å². The first-order chi connectivity index (χ1) is 21.6. The van der Waals surface area contributed by atoms with Crippen LogP contribution in [0.25, 0.3) is 33.9 Å². The second kappa shape index (κ2) is 10.5. The number of hydrogen-bond donors (Lipinski definition) is 1. The molecule has 0 unspecified atom stereocenters. The molecule has 1 aliphatic carbocycles. The highest BCUT2D eigenvalue weighted by Crippen LogP contribution is 2.41. The van der Waals surface area contributed by atoms with Crippen LogP contribution >= 0.6 is 11.3 Å². The Morgan fingerprint density at radius 1 is 0.886 bits per heavy atom. The summed E-state index contributed by atoms with van der Waals surface area (Å²) in [7, 11) is 3.34. The van der Waals surface area contributed by atoms with Gasteiger partial charge in [-0.1, -0.05) is 78.1 Å². The standard InChI is InChI=1S/C37H29N3O3S/c1-42-25-15-12-24(13-16-25)35-28-18-14-22-8-6-7-11-27(22)34(28)39-37-40(35)36(41)32(44-37)21-30-29-20-26(43-2)17-19-31(29)38-33(30)23-9-4-3-5-10-23/h3-13,15-17,19-21,35,38H,14,18H2,1-2H3/b32-21+/t35-/m1/s1. The van der Waals surface area contributed by atoms with Crippen molar-refractivity contribution in [2.45, 2.75) is 18.9 Å². The van der Waals surface area contributed by atoms with Crippen LogP contribution in [-0.4, -0.2) is 23.8 Å². The molecule has 6 aromatic rings. The second-order valence-corrected chi connectivity index (χ2v) is 12.1. The SMILES string of the molecule is COc1ccc([C@@H]2C3=C(N=c4s/c(=C/c5c(-c6ccccc6)[nH]c6ccc(OC)cc56)c(=O)n42)c2ccccc2CC3)cc1. The molecule has 8 rings (SSSR count). The van der Waals surface area contributed by atoms with E-state index < -0.39 is 0 Å². The van der Waals surface area contributed by atoms with Crippen LogP contribution in [-0.2, 0) is 6.42 Å². The van der Waals surface area contributed by atoms with E-state index in [1.54, 1.807) is 14.2 Å². The van der Waals surface area contributed by atoms with E-state index in [1.807, 2.05) is 59.2 Å². The fourth-order valence-electron chi connectivity index (χ4n) is 6.54. The Bertz CT molecular complexity index is 2280. The lowest BCUT2D eigenvalue weighted by atomic mass is 9.83. The average molecular weight is 596 g/mol. The number of aryl methyl sites for hydroxylation is 1. The third-order valence-corrected chi connectivity index (χ3v) is 9.67. The Morgan fingerprint density at radius 3 is 2.43 bits per heavy atom. The predicted octanol–water partition coefficient (Wildman–Crippen LogP) is 6.48. The Labute approximate surface area is 257 Å². The number of aromatic nitrogens is 2. The average Bonchev–Trinajstić information content (AvgIpc) is 3.60. The third kappa shape index (κ3) is 4.23. The van der Waals surface area contributed by atoms with E-state index in [4.69, 9.17) is 14.5 Å². The minimum Gasteiger partial charge on any atom is -0.497 e. The number of benzene rings is 4. The summed E-state index contributed by atoms with van der Waals surface area (Å²) in [6.45, 7) is 0. The van der Waals surface area contributed by atoms with Crippen LogP contribution in [0.4, 0.5) is 0 Å². The topological polar surface area (TPSA) is 68.6 Å². The van der Waals surface area contributed by atoms with Crippen molar-refractivity contribution in [3.8, 4) is 22.8 Å². The van der Waals surface area contributed by atoms with E-state index in [1.165, 1.54) is 22.5 Å². The quantitative estimate of drug-likeness (QED) is 0.248. The van der Waals surface area contributed by atoms with Gasteiger partial charge in [0.15, 0.2) is 4.80 Å². The number of nitrogens with one attached hydrogen (secondary N) is 1. The van der Waals surface area contributed by atoms with Crippen molar-refractivity contribution < 1.29 is 9.47 Å². The number of H-pyrrole nitrogens is 1. The third-order valence-electron chi connectivity index (χ3n) is 8.69. The minimum atomic E-state index is -0.251. The zero-order chi connectivity index (χ0) is 29.8. The lowest BCUT2D eigenvalue weighted by Gasteiger charge is -2.30. The predicted molar refractivity (Wildman–Crippen MR) is 176 cm³/mol. The molecule has 0 amide bonds. The molecule has 7 heteroatoms. The first-order valence-electron chi connectivity index (χ1n) is 14.6. The molecule has 1 N–H and O–H groups in total. The van der Waals surface area contributed by atoms with Crippen LogP contribution in [0.15, 0.2) is 112 Å². The van der Waals surface area contributed by atoms with Crippen molar-refractivity contribution in [2.24, 2.45) is 4.99 Å². The normalized spacial score (nSPS) is 15.9. The van der Waals surface area contributed by atoms with Gasteiger partial charge in [0.2, 0.25) is 0 Å². The number of fused-ring (bicyclic) bond motifs is 4. The van der Waals surface area contributed by atoms with Gasteiger partial charge >= 0.3 is 0 Å². The summed E-state index contributed by atoms with van der Waals surface area (Å²) in [5.74, 6) is 1.55. The van der Waals surface area contributed by atoms with E-state index in [0.717, 1.165) is 68.9 Å². The molecular weight excluding hydrogens is 566 g/mol. The molecule has 0 radical (unpaired) electrons. The lowest BCUT2D eigenvalue weighted by molar-refractivity contribution is 0.414. The van der Waals surface area contributed by atoms with Crippen LogP contribution in [0.5, 0.6) is 11.5 Å². The van der Waals surface area contributed by atoms with Crippen LogP contribution in [0.2, 0.25) is 0 Å². The van der Waals surface area contributed by atoms with Gasteiger partial charge < -0.3 is 14.5 Å². The Morgan fingerprint density at radius 2 is 1.64 bits per heavy atom. The van der Waals surface area contributed by atoms with Gasteiger partial charge in [0, 0.05) is 22.0 Å². The first kappa shape index (κ1) is 26.5. The molecular formula is C37H29N3O3S. The molecule has 2 aliphatic rings. The van der Waals surface area contributed by atoms with Gasteiger partial charge in [-0.05, 0) is 71.5 Å². The maximum atomic E-state index is 14.5. The summed E-state index contributed by atoms with van der Waals surface area (Å²) in [4.78, 5) is 24.0. The highest BCUT2D eigenvalue weighted by molar-refractivity contribution is 7.07. The maximum Gasteiger partial charge on any atom is 0.271 e. The molecule has 3 heterocycles. The van der Waals surface area contributed by atoms with Crippen LogP contribution in [0, 0.1) is 0 Å². The molecule has 216 valence electrons. The molecule has 4 aromatic carbocycles. The molecule has 0 spiro atoms. The van der Waals surface area contributed by atoms with Gasteiger partial charge in [-0.3, -0.25) is 9.36 Å². The molecule has 0 bridgehead atoms. The molecule has 1 atom stereocenters. The van der Waals surface area contributed by atoms with Gasteiger partial charge in [-0.2, -0.15) is 0 Å². The number of ether oxygens (including phenoxy) is 2. The Kier molecular flexibility index (Phi) is 6.34. The fraction of sp³-hybridized carbons (Fsp3) is 0.135. The number of methoxy groups -OCH3 is 2. The largest absolute Gasteiger partial charge is 0.497 e. The van der Waals surface area contributed by atoms with Gasteiger partial charge in [0.1, 0.15) is 11.5 Å². The molecule has 0 saturated carbocycles. The number of nitrogens with zero attached hydrogens (tertiary/aromatic N) is 2. The summed E-state index contributed by atoms with van der Waals surface area (Å²) >= 11 is 1.44. The van der Waals surface area contributed by atoms with E-state index in [0.29, 0.717) is 9.33 Å². The fourth-order valence-corrected chi connectivity index (χ4v) is 7.52. The number of rotatable bonds is 5. The second-order valence-electron chi connectivity index (χ2n) is 11.1. The Balaban J connectivity index is 1.39. The van der Waals surface area contributed by atoms with E-state index >= 15 is 0 Å². The molecule has 0 saturated heterocycles. The van der Waals surface area contributed by atoms with Crippen LogP contribution in [0.3, 0.4) is 0 Å². The number of hydrogen-bond acceptors (Lipinski definition) is 5. The zero-order valence-corrected chi connectivity index (χ0v) is 25.2. The summed E-state index contributed by atoms with van der Waals surface area (Å²) in [6.07, 6.45) is 3.78. The van der Waals surface area contributed by atoms with Crippen molar-refractivity contribution in [1.82, 2.24) is 9.55 Å². The molecule has 2 aromatic heterocycles.